The Bertz CT molecular complexity index is 76.8. The summed E-state index contributed by atoms with van der Waals surface area (Å²) in [7, 11) is 1.66. The molecule has 3 heteroatoms. The Hall–Kier alpha value is 0.400. The maximum atomic E-state index is 5.15. The van der Waals surface area contributed by atoms with Crippen molar-refractivity contribution in [2.75, 3.05) is 13.7 Å². The van der Waals surface area contributed by atoms with Crippen LogP contribution in [0.4, 0.5) is 0 Å². The Labute approximate surface area is 57.3 Å². The maximum Gasteiger partial charge on any atom is 0.169 e. The van der Waals surface area contributed by atoms with E-state index in [1.165, 1.54) is 0 Å². The number of alkyl halides is 1. The van der Waals surface area contributed by atoms with Crippen LogP contribution in [0, 0.1) is 0 Å². The number of hydrogen-bond acceptors (Lipinski definition) is 2. The maximum absolute atomic E-state index is 5.15. The summed E-state index contributed by atoms with van der Waals surface area (Å²) in [6, 6.07) is 0. The molecule has 0 N–H and O–H groups in total. The van der Waals surface area contributed by atoms with Crippen molar-refractivity contribution in [2.24, 2.45) is 0 Å². The van der Waals surface area contributed by atoms with E-state index in [0.717, 1.165) is 13.0 Å². The van der Waals surface area contributed by atoms with Crippen LogP contribution in [0.3, 0.4) is 0 Å². The van der Waals surface area contributed by atoms with E-state index in [1.807, 2.05) is 0 Å². The number of halogens is 1. The predicted octanol–water partition coefficient (Wildman–Crippen LogP) is 1.14. The van der Waals surface area contributed by atoms with Crippen molar-refractivity contribution in [3.05, 3.63) is 0 Å². The molecule has 0 unspecified atom stereocenters. The van der Waals surface area contributed by atoms with Crippen molar-refractivity contribution in [2.45, 2.75) is 17.5 Å². The van der Waals surface area contributed by atoms with Gasteiger partial charge in [-0.2, -0.15) is 0 Å². The predicted molar refractivity (Wildman–Crippen MR) is 34.1 cm³/mol. The molecule has 0 aromatic carbocycles. The van der Waals surface area contributed by atoms with Crippen LogP contribution in [0.5, 0.6) is 0 Å². The molecule has 1 saturated heterocycles. The first-order chi connectivity index (χ1) is 3.84. The van der Waals surface area contributed by atoms with Gasteiger partial charge in [0.15, 0.2) is 6.29 Å². The van der Waals surface area contributed by atoms with Gasteiger partial charge in [0.05, 0.1) is 11.4 Å². The van der Waals surface area contributed by atoms with Gasteiger partial charge in [0, 0.05) is 7.11 Å². The van der Waals surface area contributed by atoms with Gasteiger partial charge >= 0.3 is 0 Å². The molecule has 1 fully saturated rings. The largest absolute Gasteiger partial charge is 0.355 e. The fourth-order valence-electron chi connectivity index (χ4n) is 0.753. The number of hydrogen-bond donors (Lipinski definition) is 0. The molecule has 1 aliphatic rings. The SMILES string of the molecule is CO[C@H]1OCC[C@@H]1Br. The molecule has 2 nitrogen and oxygen atoms in total. The summed E-state index contributed by atoms with van der Waals surface area (Å²) in [6.07, 6.45) is 1.04. The molecule has 0 aliphatic carbocycles. The second-order valence-corrected chi connectivity index (χ2v) is 2.96. The summed E-state index contributed by atoms with van der Waals surface area (Å²) in [4.78, 5) is 0.396. The third kappa shape index (κ3) is 1.21. The Morgan fingerprint density at radius 1 is 1.75 bits per heavy atom. The highest BCUT2D eigenvalue weighted by molar-refractivity contribution is 9.09. The van der Waals surface area contributed by atoms with Crippen molar-refractivity contribution in [1.82, 2.24) is 0 Å². The van der Waals surface area contributed by atoms with Gasteiger partial charge in [0.25, 0.3) is 0 Å². The topological polar surface area (TPSA) is 18.5 Å². The molecule has 48 valence electrons. The Morgan fingerprint density at radius 3 is 2.75 bits per heavy atom. The van der Waals surface area contributed by atoms with Crippen LogP contribution in [-0.4, -0.2) is 24.8 Å². The van der Waals surface area contributed by atoms with Crippen molar-refractivity contribution < 1.29 is 9.47 Å². The molecular weight excluding hydrogens is 172 g/mol. The van der Waals surface area contributed by atoms with Gasteiger partial charge in [-0.25, -0.2) is 0 Å². The van der Waals surface area contributed by atoms with Crippen LogP contribution < -0.4 is 0 Å². The Morgan fingerprint density at radius 2 is 2.50 bits per heavy atom. The van der Waals surface area contributed by atoms with Crippen LogP contribution in [-0.2, 0) is 9.47 Å². The van der Waals surface area contributed by atoms with Crippen molar-refractivity contribution in [3.63, 3.8) is 0 Å². The quantitative estimate of drug-likeness (QED) is 0.564. The molecular formula is C5H9BrO2. The van der Waals surface area contributed by atoms with Gasteiger partial charge in [-0.3, -0.25) is 0 Å². The summed E-state index contributed by atoms with van der Waals surface area (Å²) in [6.45, 7) is 0.814. The van der Waals surface area contributed by atoms with E-state index < -0.39 is 0 Å². The van der Waals surface area contributed by atoms with E-state index in [2.05, 4.69) is 15.9 Å². The number of methoxy groups -OCH3 is 1. The lowest BCUT2D eigenvalue weighted by molar-refractivity contribution is -0.0845. The molecule has 1 rings (SSSR count). The van der Waals surface area contributed by atoms with E-state index in [-0.39, 0.29) is 6.29 Å². The van der Waals surface area contributed by atoms with Gasteiger partial charge in [-0.15, -0.1) is 0 Å². The molecule has 0 radical (unpaired) electrons. The fourth-order valence-corrected chi connectivity index (χ4v) is 1.31. The fraction of sp³-hybridized carbons (Fsp3) is 1.00. The average Bonchev–Trinajstić information content (AvgIpc) is 2.14. The first kappa shape index (κ1) is 6.52. The molecule has 0 aromatic heterocycles. The van der Waals surface area contributed by atoms with Crippen molar-refractivity contribution in [1.29, 1.82) is 0 Å². The average molecular weight is 181 g/mol. The standard InChI is InChI=1S/C5H9BrO2/c1-7-5-4(6)2-3-8-5/h4-5H,2-3H2,1H3/t4-,5-/m0/s1. The minimum absolute atomic E-state index is 0.0185. The highest BCUT2D eigenvalue weighted by Gasteiger charge is 2.24. The van der Waals surface area contributed by atoms with Crippen LogP contribution >= 0.6 is 15.9 Å². The van der Waals surface area contributed by atoms with Crippen LogP contribution in [0.1, 0.15) is 6.42 Å². The highest BCUT2D eigenvalue weighted by Crippen LogP contribution is 2.20. The third-order valence-electron chi connectivity index (χ3n) is 1.20. The highest BCUT2D eigenvalue weighted by atomic mass is 79.9. The monoisotopic (exact) mass is 180 g/mol. The second kappa shape index (κ2) is 2.80. The third-order valence-corrected chi connectivity index (χ3v) is 2.09. The molecule has 0 saturated carbocycles. The zero-order valence-corrected chi connectivity index (χ0v) is 6.35. The lowest BCUT2D eigenvalue weighted by atomic mass is 10.4. The Kier molecular flexibility index (Phi) is 2.28. The molecule has 8 heavy (non-hydrogen) atoms. The Balaban J connectivity index is 2.30. The lowest BCUT2D eigenvalue weighted by Gasteiger charge is -2.08. The number of ether oxygens (including phenoxy) is 2. The van der Waals surface area contributed by atoms with Crippen LogP contribution in [0.2, 0.25) is 0 Å². The molecule has 0 spiro atoms. The smallest absolute Gasteiger partial charge is 0.169 e. The molecule has 1 aliphatic heterocycles. The summed E-state index contributed by atoms with van der Waals surface area (Å²) < 4.78 is 10.1. The van der Waals surface area contributed by atoms with Crippen molar-refractivity contribution >= 4 is 15.9 Å². The lowest BCUT2D eigenvalue weighted by Crippen LogP contribution is -2.16. The zero-order valence-electron chi connectivity index (χ0n) is 4.76. The van der Waals surface area contributed by atoms with E-state index in [1.54, 1.807) is 7.11 Å². The van der Waals surface area contributed by atoms with Gasteiger partial charge in [0.2, 0.25) is 0 Å². The zero-order chi connectivity index (χ0) is 5.98. The van der Waals surface area contributed by atoms with Crippen LogP contribution in [0.15, 0.2) is 0 Å². The van der Waals surface area contributed by atoms with Gasteiger partial charge in [-0.05, 0) is 6.42 Å². The molecule has 0 aromatic rings. The van der Waals surface area contributed by atoms with E-state index in [9.17, 15) is 0 Å². The van der Waals surface area contributed by atoms with E-state index in [0.29, 0.717) is 4.83 Å². The van der Waals surface area contributed by atoms with Gasteiger partial charge in [0.1, 0.15) is 0 Å². The molecule has 0 amide bonds. The van der Waals surface area contributed by atoms with Gasteiger partial charge < -0.3 is 9.47 Å². The minimum atomic E-state index is -0.0185. The summed E-state index contributed by atoms with van der Waals surface area (Å²) in [5.74, 6) is 0. The second-order valence-electron chi connectivity index (χ2n) is 1.78. The number of rotatable bonds is 1. The molecule has 1 heterocycles. The summed E-state index contributed by atoms with van der Waals surface area (Å²) in [5.41, 5.74) is 0. The van der Waals surface area contributed by atoms with E-state index >= 15 is 0 Å². The molecule has 2 atom stereocenters. The summed E-state index contributed by atoms with van der Waals surface area (Å²) >= 11 is 3.41. The summed E-state index contributed by atoms with van der Waals surface area (Å²) in [5, 5.41) is 0. The first-order valence-electron chi connectivity index (χ1n) is 2.63. The first-order valence-corrected chi connectivity index (χ1v) is 3.54. The van der Waals surface area contributed by atoms with E-state index in [4.69, 9.17) is 9.47 Å². The van der Waals surface area contributed by atoms with Crippen molar-refractivity contribution in [3.8, 4) is 0 Å². The van der Waals surface area contributed by atoms with Gasteiger partial charge in [-0.1, -0.05) is 15.9 Å². The van der Waals surface area contributed by atoms with Crippen LogP contribution in [0.25, 0.3) is 0 Å². The molecule has 0 bridgehead atoms. The normalized spacial score (nSPS) is 38.2. The minimum Gasteiger partial charge on any atom is -0.355 e.